The molecule has 6 nitrogen and oxygen atoms in total. The molecule has 0 radical (unpaired) electrons. The summed E-state index contributed by atoms with van der Waals surface area (Å²) < 4.78 is 7.50. The van der Waals surface area contributed by atoms with Crippen LogP contribution in [0.3, 0.4) is 0 Å². The second-order valence-electron chi connectivity index (χ2n) is 5.80. The maximum atomic E-state index is 12.4. The van der Waals surface area contributed by atoms with Crippen LogP contribution in [0.1, 0.15) is 31.4 Å². The zero-order chi connectivity index (χ0) is 16.1. The summed E-state index contributed by atoms with van der Waals surface area (Å²) in [5, 5.41) is 4.18. The monoisotopic (exact) mass is 314 g/mol. The summed E-state index contributed by atoms with van der Waals surface area (Å²) in [6.45, 7) is 3.63. The molecule has 1 aromatic heterocycles. The van der Waals surface area contributed by atoms with Crippen LogP contribution in [0, 0.1) is 0 Å². The maximum absolute atomic E-state index is 12.4. The van der Waals surface area contributed by atoms with E-state index in [9.17, 15) is 4.79 Å². The maximum Gasteiger partial charge on any atom is 0.260 e. The molecule has 0 saturated carbocycles. The molecule has 1 atom stereocenters. The molecule has 0 aliphatic carbocycles. The van der Waals surface area contributed by atoms with Crippen molar-refractivity contribution in [2.45, 2.75) is 32.2 Å². The molecule has 1 aromatic carbocycles. The number of amides is 1. The van der Waals surface area contributed by atoms with Crippen LogP contribution in [0.5, 0.6) is 5.75 Å². The van der Waals surface area contributed by atoms with Crippen LogP contribution in [0.2, 0.25) is 0 Å². The number of hydrogen-bond donors (Lipinski definition) is 0. The second-order valence-corrected chi connectivity index (χ2v) is 5.80. The summed E-state index contributed by atoms with van der Waals surface area (Å²) in [6.07, 6.45) is 6.20. The first-order valence-electron chi connectivity index (χ1n) is 8.10. The molecule has 6 heteroatoms. The van der Waals surface area contributed by atoms with Crippen molar-refractivity contribution in [3.63, 3.8) is 0 Å². The number of benzene rings is 1. The van der Waals surface area contributed by atoms with Crippen molar-refractivity contribution >= 4 is 5.91 Å². The van der Waals surface area contributed by atoms with Crippen molar-refractivity contribution in [1.29, 1.82) is 0 Å². The fraction of sp³-hybridized carbons (Fsp3) is 0.471. The predicted molar refractivity (Wildman–Crippen MR) is 86.2 cm³/mol. The minimum absolute atomic E-state index is 0.0247. The van der Waals surface area contributed by atoms with Gasteiger partial charge in [-0.25, -0.2) is 9.67 Å². The zero-order valence-corrected chi connectivity index (χ0v) is 13.4. The first-order chi connectivity index (χ1) is 11.3. The van der Waals surface area contributed by atoms with Crippen molar-refractivity contribution in [2.24, 2.45) is 0 Å². The topological polar surface area (TPSA) is 60.2 Å². The molecular formula is C17H22N4O2. The highest BCUT2D eigenvalue weighted by atomic mass is 16.5. The van der Waals surface area contributed by atoms with Gasteiger partial charge in [-0.3, -0.25) is 4.79 Å². The van der Waals surface area contributed by atoms with Crippen molar-refractivity contribution in [3.8, 4) is 5.75 Å². The van der Waals surface area contributed by atoms with Gasteiger partial charge in [0.05, 0.1) is 6.04 Å². The molecule has 2 aromatic rings. The Morgan fingerprint density at radius 3 is 3.13 bits per heavy atom. The van der Waals surface area contributed by atoms with Gasteiger partial charge in [0.25, 0.3) is 5.91 Å². The number of hydrogen-bond acceptors (Lipinski definition) is 4. The molecule has 1 fully saturated rings. The lowest BCUT2D eigenvalue weighted by molar-refractivity contribution is -0.135. The first kappa shape index (κ1) is 15.5. The molecule has 3 rings (SSSR count). The van der Waals surface area contributed by atoms with Crippen molar-refractivity contribution in [3.05, 3.63) is 42.5 Å². The fourth-order valence-electron chi connectivity index (χ4n) is 2.89. The minimum atomic E-state index is 0.0247. The predicted octanol–water partition coefficient (Wildman–Crippen LogP) is 2.08. The Morgan fingerprint density at radius 1 is 1.43 bits per heavy atom. The number of ether oxygens (including phenoxy) is 1. The minimum Gasteiger partial charge on any atom is -0.484 e. The molecule has 23 heavy (non-hydrogen) atoms. The van der Waals surface area contributed by atoms with Crippen molar-refractivity contribution < 1.29 is 9.53 Å². The van der Waals surface area contributed by atoms with E-state index in [2.05, 4.69) is 23.1 Å². The van der Waals surface area contributed by atoms with Crippen LogP contribution in [-0.2, 0) is 11.2 Å². The lowest BCUT2D eigenvalue weighted by Gasteiger charge is -2.32. The molecule has 0 bridgehead atoms. The number of rotatable bonds is 5. The molecule has 1 unspecified atom stereocenters. The average molecular weight is 314 g/mol. The van der Waals surface area contributed by atoms with E-state index < -0.39 is 0 Å². The van der Waals surface area contributed by atoms with E-state index >= 15 is 0 Å². The molecule has 1 amide bonds. The number of carbonyl (C=O) groups is 1. The highest BCUT2D eigenvalue weighted by Gasteiger charge is 2.25. The quantitative estimate of drug-likeness (QED) is 0.848. The molecule has 122 valence electrons. The summed E-state index contributed by atoms with van der Waals surface area (Å²) in [5.74, 6) is 0.777. The number of aromatic nitrogens is 3. The molecule has 0 spiro atoms. The third-order valence-corrected chi connectivity index (χ3v) is 4.23. The third-order valence-electron chi connectivity index (χ3n) is 4.23. The summed E-state index contributed by atoms with van der Waals surface area (Å²) in [4.78, 5) is 18.2. The Hall–Kier alpha value is -2.37. The van der Waals surface area contributed by atoms with Gasteiger partial charge in [0.2, 0.25) is 0 Å². The van der Waals surface area contributed by atoms with Crippen LogP contribution in [0.4, 0.5) is 0 Å². The lowest BCUT2D eigenvalue weighted by atomic mass is 10.1. The standard InChI is InChI=1S/C17H22N4O2/c1-2-14-5-3-7-16(9-14)23-11-17(22)20-8-4-6-15(10-20)21-13-18-12-19-21/h3,5,7,9,12-13,15H,2,4,6,8,10-11H2,1H3. The summed E-state index contributed by atoms with van der Waals surface area (Å²) >= 11 is 0. The van der Waals surface area contributed by atoms with Gasteiger partial charge in [0, 0.05) is 13.1 Å². The molecule has 0 N–H and O–H groups in total. The Kier molecular flexibility index (Phi) is 4.90. The molecule has 1 aliphatic rings. The summed E-state index contributed by atoms with van der Waals surface area (Å²) in [6, 6.07) is 8.10. The van der Waals surface area contributed by atoms with E-state index in [0.717, 1.165) is 31.6 Å². The Morgan fingerprint density at radius 2 is 2.35 bits per heavy atom. The highest BCUT2D eigenvalue weighted by molar-refractivity contribution is 5.77. The van der Waals surface area contributed by atoms with E-state index in [0.29, 0.717) is 6.54 Å². The Labute approximate surface area is 136 Å². The molecule has 2 heterocycles. The summed E-state index contributed by atoms with van der Waals surface area (Å²) in [7, 11) is 0. The first-order valence-corrected chi connectivity index (χ1v) is 8.10. The largest absolute Gasteiger partial charge is 0.484 e. The van der Waals surface area contributed by atoms with Gasteiger partial charge in [0.1, 0.15) is 18.4 Å². The molecule has 1 saturated heterocycles. The number of carbonyl (C=O) groups excluding carboxylic acids is 1. The van der Waals surface area contributed by atoms with Crippen LogP contribution in [0.15, 0.2) is 36.9 Å². The van der Waals surface area contributed by atoms with E-state index in [4.69, 9.17) is 4.74 Å². The fourth-order valence-corrected chi connectivity index (χ4v) is 2.89. The smallest absolute Gasteiger partial charge is 0.260 e. The second kappa shape index (κ2) is 7.26. The average Bonchev–Trinajstić information content (AvgIpc) is 3.14. The van der Waals surface area contributed by atoms with Gasteiger partial charge < -0.3 is 9.64 Å². The van der Waals surface area contributed by atoms with Gasteiger partial charge in [-0.1, -0.05) is 19.1 Å². The zero-order valence-electron chi connectivity index (χ0n) is 13.4. The number of likely N-dealkylation sites (tertiary alicyclic amines) is 1. The summed E-state index contributed by atoms with van der Waals surface area (Å²) in [5.41, 5.74) is 1.21. The SMILES string of the molecule is CCc1cccc(OCC(=O)N2CCCC(n3cncn3)C2)c1. The van der Waals surface area contributed by atoms with Crippen LogP contribution in [0.25, 0.3) is 0 Å². The van der Waals surface area contributed by atoms with E-state index in [1.807, 2.05) is 27.8 Å². The van der Waals surface area contributed by atoms with E-state index in [1.165, 1.54) is 11.9 Å². The van der Waals surface area contributed by atoms with Gasteiger partial charge in [-0.05, 0) is 37.0 Å². The highest BCUT2D eigenvalue weighted by Crippen LogP contribution is 2.20. The third kappa shape index (κ3) is 3.88. The van der Waals surface area contributed by atoms with Gasteiger partial charge >= 0.3 is 0 Å². The van der Waals surface area contributed by atoms with Gasteiger partial charge in [-0.2, -0.15) is 5.10 Å². The van der Waals surface area contributed by atoms with Crippen molar-refractivity contribution in [1.82, 2.24) is 19.7 Å². The van der Waals surface area contributed by atoms with Crippen LogP contribution >= 0.6 is 0 Å². The van der Waals surface area contributed by atoms with Crippen LogP contribution < -0.4 is 4.74 Å². The molecule has 1 aliphatic heterocycles. The van der Waals surface area contributed by atoms with Crippen LogP contribution in [-0.4, -0.2) is 45.3 Å². The lowest BCUT2D eigenvalue weighted by Crippen LogP contribution is -2.43. The Balaban J connectivity index is 1.55. The Bertz CT molecular complexity index is 642. The van der Waals surface area contributed by atoms with E-state index in [-0.39, 0.29) is 18.6 Å². The van der Waals surface area contributed by atoms with Crippen molar-refractivity contribution in [2.75, 3.05) is 19.7 Å². The normalized spacial score (nSPS) is 18.0. The number of aryl methyl sites for hydroxylation is 1. The van der Waals surface area contributed by atoms with Gasteiger partial charge in [0.15, 0.2) is 6.61 Å². The molecular weight excluding hydrogens is 292 g/mol. The number of piperidine rings is 1. The van der Waals surface area contributed by atoms with E-state index in [1.54, 1.807) is 6.33 Å². The van der Waals surface area contributed by atoms with Gasteiger partial charge in [-0.15, -0.1) is 0 Å². The number of nitrogens with zero attached hydrogens (tertiary/aromatic N) is 4.